The van der Waals surface area contributed by atoms with Crippen molar-refractivity contribution in [2.75, 3.05) is 7.11 Å². The van der Waals surface area contributed by atoms with E-state index < -0.39 is 5.60 Å². The molecule has 0 unspecified atom stereocenters. The molecule has 4 heteroatoms. The predicted molar refractivity (Wildman–Crippen MR) is 62.9 cm³/mol. The Bertz CT molecular complexity index is 432. The molecule has 0 bridgehead atoms. The van der Waals surface area contributed by atoms with E-state index in [4.69, 9.17) is 4.74 Å². The average Bonchev–Trinajstić information content (AvgIpc) is 2.33. The lowest BCUT2D eigenvalue weighted by molar-refractivity contribution is -0.125. The summed E-state index contributed by atoms with van der Waals surface area (Å²) in [5.41, 5.74) is 0.448. The van der Waals surface area contributed by atoms with Crippen LogP contribution in [0.3, 0.4) is 0 Å². The third-order valence-electron chi connectivity index (χ3n) is 3.37. The first-order valence-corrected chi connectivity index (χ1v) is 5.81. The first kappa shape index (κ1) is 12.0. The molecule has 1 aliphatic carbocycles. The molecule has 1 aromatic heterocycles. The van der Waals surface area contributed by atoms with Gasteiger partial charge in [0.15, 0.2) is 0 Å². The minimum absolute atomic E-state index is 0.222. The van der Waals surface area contributed by atoms with Gasteiger partial charge < -0.3 is 9.84 Å². The summed E-state index contributed by atoms with van der Waals surface area (Å²) in [6.45, 7) is 1.85. The number of hydrogen-bond donors (Lipinski definition) is 1. The number of Topliss-reactive ketones (excluding diaryl/α,β-unsaturated/α-hetero) is 1. The number of aromatic nitrogens is 1. The van der Waals surface area contributed by atoms with Crippen LogP contribution in [-0.4, -0.2) is 23.0 Å². The molecule has 4 nitrogen and oxygen atoms in total. The van der Waals surface area contributed by atoms with Crippen molar-refractivity contribution in [3.8, 4) is 5.75 Å². The van der Waals surface area contributed by atoms with Crippen molar-refractivity contribution in [1.29, 1.82) is 0 Å². The number of methoxy groups -OCH3 is 1. The van der Waals surface area contributed by atoms with Crippen molar-refractivity contribution in [1.82, 2.24) is 4.98 Å². The van der Waals surface area contributed by atoms with Gasteiger partial charge in [0, 0.05) is 12.8 Å². The highest BCUT2D eigenvalue weighted by molar-refractivity contribution is 5.79. The Kier molecular flexibility index (Phi) is 3.15. The summed E-state index contributed by atoms with van der Waals surface area (Å²) in [5, 5.41) is 10.5. The fourth-order valence-corrected chi connectivity index (χ4v) is 2.22. The van der Waals surface area contributed by atoms with Crippen LogP contribution in [0.5, 0.6) is 5.75 Å². The van der Waals surface area contributed by atoms with E-state index in [1.54, 1.807) is 13.2 Å². The van der Waals surface area contributed by atoms with Crippen molar-refractivity contribution in [3.05, 3.63) is 23.5 Å². The van der Waals surface area contributed by atoms with Gasteiger partial charge in [0.25, 0.3) is 0 Å². The van der Waals surface area contributed by atoms with E-state index in [0.717, 1.165) is 5.69 Å². The molecule has 0 saturated heterocycles. The van der Waals surface area contributed by atoms with Crippen LogP contribution in [0.25, 0.3) is 0 Å². The Hall–Kier alpha value is -1.42. The molecule has 1 aliphatic rings. The van der Waals surface area contributed by atoms with Crippen molar-refractivity contribution < 1.29 is 14.6 Å². The number of pyridine rings is 1. The number of hydrogen-bond acceptors (Lipinski definition) is 4. The molecule has 0 atom stereocenters. The fraction of sp³-hybridized carbons (Fsp3) is 0.538. The maximum Gasteiger partial charge on any atom is 0.140 e. The molecular formula is C13H17NO3. The maximum atomic E-state index is 11.2. The zero-order chi connectivity index (χ0) is 12.5. The number of ketones is 1. The van der Waals surface area contributed by atoms with Gasteiger partial charge in [0.1, 0.15) is 17.1 Å². The largest absolute Gasteiger partial charge is 0.495 e. The van der Waals surface area contributed by atoms with Gasteiger partial charge in [-0.3, -0.25) is 9.78 Å². The molecular weight excluding hydrogens is 218 g/mol. The highest BCUT2D eigenvalue weighted by Crippen LogP contribution is 2.35. The summed E-state index contributed by atoms with van der Waals surface area (Å²) in [6.07, 6.45) is 1.79. The summed E-state index contributed by atoms with van der Waals surface area (Å²) < 4.78 is 5.14. The Labute approximate surface area is 101 Å². The number of rotatable bonds is 2. The first-order valence-electron chi connectivity index (χ1n) is 5.81. The van der Waals surface area contributed by atoms with Crippen LogP contribution in [0.1, 0.15) is 37.1 Å². The number of aliphatic hydroxyl groups is 1. The Morgan fingerprint density at radius 1 is 1.35 bits per heavy atom. The van der Waals surface area contributed by atoms with Crippen LogP contribution in [0.2, 0.25) is 0 Å². The molecule has 0 radical (unpaired) electrons. The van der Waals surface area contributed by atoms with Crippen LogP contribution in [0, 0.1) is 6.92 Å². The second kappa shape index (κ2) is 4.45. The lowest BCUT2D eigenvalue weighted by atomic mass is 9.81. The SMILES string of the molecule is COc1ccc(C2(O)CCC(=O)CC2)nc1C. The molecule has 2 rings (SSSR count). The van der Waals surface area contributed by atoms with Crippen molar-refractivity contribution >= 4 is 5.78 Å². The van der Waals surface area contributed by atoms with Crippen molar-refractivity contribution in [2.45, 2.75) is 38.2 Å². The molecule has 17 heavy (non-hydrogen) atoms. The summed E-state index contributed by atoms with van der Waals surface area (Å²) in [5.74, 6) is 0.934. The molecule has 0 amide bonds. The predicted octanol–water partition coefficient (Wildman–Crippen LogP) is 1.73. The van der Waals surface area contributed by atoms with Gasteiger partial charge in [-0.2, -0.15) is 0 Å². The lowest BCUT2D eigenvalue weighted by Crippen LogP contribution is -2.32. The normalized spacial score (nSPS) is 19.1. The van der Waals surface area contributed by atoms with E-state index in [0.29, 0.717) is 37.1 Å². The average molecular weight is 235 g/mol. The molecule has 1 aromatic rings. The van der Waals surface area contributed by atoms with Gasteiger partial charge in [0.2, 0.25) is 0 Å². The molecule has 92 valence electrons. The third kappa shape index (κ3) is 2.31. The molecule has 1 heterocycles. The molecule has 0 aromatic carbocycles. The number of carbonyl (C=O) groups excluding carboxylic acids is 1. The van der Waals surface area contributed by atoms with E-state index >= 15 is 0 Å². The summed E-state index contributed by atoms with van der Waals surface area (Å²) in [7, 11) is 1.59. The standard InChI is InChI=1S/C13H17NO3/c1-9-11(17-2)3-4-12(14-9)13(16)7-5-10(15)6-8-13/h3-4,16H,5-8H2,1-2H3. The van der Waals surface area contributed by atoms with Gasteiger partial charge in [-0.15, -0.1) is 0 Å². The molecule has 1 saturated carbocycles. The molecule has 1 N–H and O–H groups in total. The highest BCUT2D eigenvalue weighted by Gasteiger charge is 2.35. The quantitative estimate of drug-likeness (QED) is 0.848. The van der Waals surface area contributed by atoms with Crippen molar-refractivity contribution in [2.24, 2.45) is 0 Å². The molecule has 0 aliphatic heterocycles. The number of aryl methyl sites for hydroxylation is 1. The second-order valence-corrected chi connectivity index (χ2v) is 4.55. The monoisotopic (exact) mass is 235 g/mol. The summed E-state index contributed by atoms with van der Waals surface area (Å²) in [4.78, 5) is 15.6. The van der Waals surface area contributed by atoms with Gasteiger partial charge >= 0.3 is 0 Å². The first-order chi connectivity index (χ1) is 8.05. The van der Waals surface area contributed by atoms with E-state index in [1.165, 1.54) is 0 Å². The van der Waals surface area contributed by atoms with Crippen LogP contribution in [0.15, 0.2) is 12.1 Å². The minimum atomic E-state index is -0.953. The summed E-state index contributed by atoms with van der Waals surface area (Å²) in [6, 6.07) is 3.59. The van der Waals surface area contributed by atoms with Crippen LogP contribution in [-0.2, 0) is 10.4 Å². The molecule has 0 spiro atoms. The Balaban J connectivity index is 2.27. The highest BCUT2D eigenvalue weighted by atomic mass is 16.5. The maximum absolute atomic E-state index is 11.2. The number of ether oxygens (including phenoxy) is 1. The Morgan fingerprint density at radius 3 is 2.53 bits per heavy atom. The second-order valence-electron chi connectivity index (χ2n) is 4.55. The van der Waals surface area contributed by atoms with Crippen LogP contribution >= 0.6 is 0 Å². The number of nitrogens with zero attached hydrogens (tertiary/aromatic N) is 1. The van der Waals surface area contributed by atoms with Crippen LogP contribution in [0.4, 0.5) is 0 Å². The fourth-order valence-electron chi connectivity index (χ4n) is 2.22. The van der Waals surface area contributed by atoms with Gasteiger partial charge in [0.05, 0.1) is 18.5 Å². The van der Waals surface area contributed by atoms with E-state index in [9.17, 15) is 9.90 Å². The van der Waals surface area contributed by atoms with Gasteiger partial charge in [-0.25, -0.2) is 0 Å². The van der Waals surface area contributed by atoms with Crippen LogP contribution < -0.4 is 4.74 Å². The van der Waals surface area contributed by atoms with E-state index in [-0.39, 0.29) is 5.78 Å². The zero-order valence-corrected chi connectivity index (χ0v) is 10.2. The lowest BCUT2D eigenvalue weighted by Gasteiger charge is -2.31. The Morgan fingerprint density at radius 2 is 2.00 bits per heavy atom. The number of carbonyl (C=O) groups is 1. The van der Waals surface area contributed by atoms with Gasteiger partial charge in [-0.1, -0.05) is 0 Å². The van der Waals surface area contributed by atoms with Crippen molar-refractivity contribution in [3.63, 3.8) is 0 Å². The minimum Gasteiger partial charge on any atom is -0.495 e. The smallest absolute Gasteiger partial charge is 0.140 e. The summed E-state index contributed by atoms with van der Waals surface area (Å²) >= 11 is 0. The third-order valence-corrected chi connectivity index (χ3v) is 3.37. The van der Waals surface area contributed by atoms with E-state index in [2.05, 4.69) is 4.98 Å². The zero-order valence-electron chi connectivity index (χ0n) is 10.2. The van der Waals surface area contributed by atoms with Gasteiger partial charge in [-0.05, 0) is 31.9 Å². The van der Waals surface area contributed by atoms with E-state index in [1.807, 2.05) is 13.0 Å². The topological polar surface area (TPSA) is 59.4 Å². The molecule has 1 fully saturated rings.